The van der Waals surface area contributed by atoms with Crippen molar-refractivity contribution in [3.63, 3.8) is 0 Å². The van der Waals surface area contributed by atoms with Gasteiger partial charge in [0.2, 0.25) is 11.9 Å². The van der Waals surface area contributed by atoms with Gasteiger partial charge in [-0.05, 0) is 25.0 Å². The number of rotatable bonds is 6. The van der Waals surface area contributed by atoms with Crippen LogP contribution in [-0.4, -0.2) is 72.3 Å². The Balaban J connectivity index is 1.29. The number of halogens is 1. The van der Waals surface area contributed by atoms with Crippen LogP contribution in [-0.2, 0) is 9.53 Å². The second-order valence-corrected chi connectivity index (χ2v) is 7.25. The lowest BCUT2D eigenvalue weighted by atomic mass is 10.2. The summed E-state index contributed by atoms with van der Waals surface area (Å²) < 4.78 is 21.5. The molecule has 0 radical (unpaired) electrons. The molecule has 28 heavy (non-hydrogen) atoms. The van der Waals surface area contributed by atoms with E-state index in [0.717, 1.165) is 51.6 Å². The minimum Gasteiger partial charge on any atom is -0.376 e. The molecule has 0 spiro atoms. The largest absolute Gasteiger partial charge is 0.376 e. The van der Waals surface area contributed by atoms with Crippen molar-refractivity contribution >= 4 is 11.9 Å². The third-order valence-electron chi connectivity index (χ3n) is 5.31. The van der Waals surface area contributed by atoms with Gasteiger partial charge >= 0.3 is 0 Å². The molecule has 3 heterocycles. The van der Waals surface area contributed by atoms with Crippen molar-refractivity contribution in [1.82, 2.24) is 19.8 Å². The predicted molar refractivity (Wildman–Crippen MR) is 104 cm³/mol. The zero-order valence-corrected chi connectivity index (χ0v) is 15.9. The Hall–Kier alpha value is -2.45. The molecule has 1 aromatic carbocycles. The van der Waals surface area contributed by atoms with Crippen LogP contribution in [0.15, 0.2) is 36.7 Å². The van der Waals surface area contributed by atoms with E-state index in [1.807, 2.05) is 6.07 Å². The van der Waals surface area contributed by atoms with Crippen molar-refractivity contribution in [3.05, 3.63) is 42.5 Å². The van der Waals surface area contributed by atoms with E-state index in [4.69, 9.17) is 4.74 Å². The maximum atomic E-state index is 14.2. The van der Waals surface area contributed by atoms with Crippen LogP contribution in [0, 0.1) is 5.82 Å². The van der Waals surface area contributed by atoms with Crippen molar-refractivity contribution in [2.45, 2.75) is 18.9 Å². The molecule has 1 amide bonds. The first kappa shape index (κ1) is 18.9. The number of carbonyl (C=O) groups excluding carboxylic acids is 1. The molecule has 1 unspecified atom stereocenters. The first-order valence-corrected chi connectivity index (χ1v) is 9.84. The lowest BCUT2D eigenvalue weighted by Gasteiger charge is -2.35. The van der Waals surface area contributed by atoms with Crippen LogP contribution in [0.25, 0.3) is 5.69 Å². The van der Waals surface area contributed by atoms with Gasteiger partial charge in [-0.15, -0.1) is 0 Å². The number of hydrogen-bond donors (Lipinski definition) is 1. The fraction of sp³-hybridized carbons (Fsp3) is 0.500. The first-order chi connectivity index (χ1) is 13.7. The Labute approximate surface area is 164 Å². The van der Waals surface area contributed by atoms with Gasteiger partial charge in [-0.1, -0.05) is 12.1 Å². The molecule has 7 nitrogen and oxygen atoms in total. The van der Waals surface area contributed by atoms with Gasteiger partial charge in [-0.25, -0.2) is 9.37 Å². The summed E-state index contributed by atoms with van der Waals surface area (Å²) in [6.45, 7) is 4.79. The lowest BCUT2D eigenvalue weighted by Crippen LogP contribution is -2.50. The van der Waals surface area contributed by atoms with E-state index in [2.05, 4.69) is 20.1 Å². The Bertz CT molecular complexity index is 797. The van der Waals surface area contributed by atoms with Crippen molar-refractivity contribution in [1.29, 1.82) is 0 Å². The molecule has 2 fully saturated rings. The van der Waals surface area contributed by atoms with E-state index >= 15 is 0 Å². The number of nitrogens with one attached hydrogen (secondary N) is 1. The summed E-state index contributed by atoms with van der Waals surface area (Å²) in [5.74, 6) is 0.493. The van der Waals surface area contributed by atoms with Crippen LogP contribution in [0.4, 0.5) is 10.3 Å². The van der Waals surface area contributed by atoms with Gasteiger partial charge in [-0.2, -0.15) is 0 Å². The maximum Gasteiger partial charge on any atom is 0.234 e. The van der Waals surface area contributed by atoms with Crippen molar-refractivity contribution in [3.8, 4) is 5.69 Å². The minimum atomic E-state index is -0.275. The molecule has 2 aromatic rings. The topological polar surface area (TPSA) is 62.6 Å². The Morgan fingerprint density at radius 3 is 2.82 bits per heavy atom. The van der Waals surface area contributed by atoms with Crippen LogP contribution in [0.5, 0.6) is 0 Å². The number of benzene rings is 1. The molecule has 2 aliphatic rings. The molecular formula is C20H26FN5O2. The first-order valence-electron chi connectivity index (χ1n) is 9.84. The van der Waals surface area contributed by atoms with Gasteiger partial charge in [0.05, 0.1) is 18.3 Å². The fourth-order valence-electron chi connectivity index (χ4n) is 3.76. The van der Waals surface area contributed by atoms with Crippen molar-refractivity contribution in [2.75, 3.05) is 50.8 Å². The zero-order chi connectivity index (χ0) is 19.3. The standard InChI is InChI=1S/C20H26FN5O2/c21-17-5-1-2-6-18(17)26-8-7-22-20(26)25-11-9-24(10-12-25)15-19(27)23-14-16-4-3-13-28-16/h1-2,5-8,16H,3-4,9-15H2,(H,23,27). The van der Waals surface area contributed by atoms with Crippen molar-refractivity contribution in [2.24, 2.45) is 0 Å². The Morgan fingerprint density at radius 1 is 1.25 bits per heavy atom. The highest BCUT2D eigenvalue weighted by Crippen LogP contribution is 2.21. The molecule has 1 atom stereocenters. The number of nitrogens with zero attached hydrogens (tertiary/aromatic N) is 4. The highest BCUT2D eigenvalue weighted by molar-refractivity contribution is 5.78. The Kier molecular flexibility index (Phi) is 5.87. The molecule has 4 rings (SSSR count). The molecule has 0 aliphatic carbocycles. The summed E-state index contributed by atoms with van der Waals surface area (Å²) in [6, 6.07) is 6.69. The van der Waals surface area contributed by atoms with Gasteiger partial charge in [-0.3, -0.25) is 14.3 Å². The smallest absolute Gasteiger partial charge is 0.234 e. The molecule has 2 saturated heterocycles. The molecule has 8 heteroatoms. The van der Waals surface area contributed by atoms with E-state index in [-0.39, 0.29) is 17.8 Å². The molecular weight excluding hydrogens is 361 g/mol. The van der Waals surface area contributed by atoms with Gasteiger partial charge in [0, 0.05) is 51.7 Å². The second-order valence-electron chi connectivity index (χ2n) is 7.25. The monoisotopic (exact) mass is 387 g/mol. The number of hydrogen-bond acceptors (Lipinski definition) is 5. The van der Waals surface area contributed by atoms with Crippen LogP contribution in [0.1, 0.15) is 12.8 Å². The van der Waals surface area contributed by atoms with Crippen LogP contribution >= 0.6 is 0 Å². The van der Waals surface area contributed by atoms with E-state index in [1.165, 1.54) is 6.07 Å². The minimum absolute atomic E-state index is 0.0387. The molecule has 1 N–H and O–H groups in total. The van der Waals surface area contributed by atoms with Gasteiger partial charge in [0.25, 0.3) is 0 Å². The number of anilines is 1. The quantitative estimate of drug-likeness (QED) is 0.813. The summed E-state index contributed by atoms with van der Waals surface area (Å²) in [7, 11) is 0. The van der Waals surface area contributed by atoms with E-state index in [1.54, 1.807) is 29.1 Å². The molecule has 2 aliphatic heterocycles. The van der Waals surface area contributed by atoms with E-state index in [0.29, 0.717) is 18.8 Å². The highest BCUT2D eigenvalue weighted by atomic mass is 19.1. The summed E-state index contributed by atoms with van der Waals surface area (Å²) in [5.41, 5.74) is 0.492. The van der Waals surface area contributed by atoms with Crippen LogP contribution in [0.2, 0.25) is 0 Å². The number of amides is 1. The normalized spacial score (nSPS) is 20.5. The van der Waals surface area contributed by atoms with Crippen LogP contribution < -0.4 is 10.2 Å². The summed E-state index contributed by atoms with van der Waals surface area (Å²) in [5, 5.41) is 2.97. The number of ether oxygens (including phenoxy) is 1. The van der Waals surface area contributed by atoms with Gasteiger partial charge in [0.15, 0.2) is 0 Å². The van der Waals surface area contributed by atoms with Crippen LogP contribution in [0.3, 0.4) is 0 Å². The number of carbonyl (C=O) groups is 1. The van der Waals surface area contributed by atoms with Gasteiger partial charge < -0.3 is 15.0 Å². The van der Waals surface area contributed by atoms with Crippen molar-refractivity contribution < 1.29 is 13.9 Å². The third kappa shape index (κ3) is 4.34. The number of para-hydroxylation sites is 1. The zero-order valence-electron chi connectivity index (χ0n) is 15.9. The average molecular weight is 387 g/mol. The third-order valence-corrected chi connectivity index (χ3v) is 5.31. The van der Waals surface area contributed by atoms with Gasteiger partial charge in [0.1, 0.15) is 5.82 Å². The lowest BCUT2D eigenvalue weighted by molar-refractivity contribution is -0.122. The summed E-state index contributed by atoms with van der Waals surface area (Å²) >= 11 is 0. The highest BCUT2D eigenvalue weighted by Gasteiger charge is 2.23. The average Bonchev–Trinajstić information content (AvgIpc) is 3.39. The molecule has 0 bridgehead atoms. The summed E-state index contributed by atoms with van der Waals surface area (Å²) in [6.07, 6.45) is 5.72. The fourth-order valence-corrected chi connectivity index (χ4v) is 3.76. The van der Waals surface area contributed by atoms with E-state index < -0.39 is 0 Å². The number of imidazole rings is 1. The number of aromatic nitrogens is 2. The SMILES string of the molecule is O=C(CN1CCN(c2nccn2-c2ccccc2F)CC1)NCC1CCCO1. The molecule has 0 saturated carbocycles. The second kappa shape index (κ2) is 8.70. The molecule has 150 valence electrons. The summed E-state index contributed by atoms with van der Waals surface area (Å²) in [4.78, 5) is 20.9. The van der Waals surface area contributed by atoms with E-state index in [9.17, 15) is 9.18 Å². The number of piperazine rings is 1. The Morgan fingerprint density at radius 2 is 2.07 bits per heavy atom. The maximum absolute atomic E-state index is 14.2. The predicted octanol–water partition coefficient (Wildman–Crippen LogP) is 1.43. The molecule has 1 aromatic heterocycles.